The number of thiophene rings is 1. The van der Waals surface area contributed by atoms with Crippen LogP contribution < -0.4 is 5.56 Å². The molecule has 4 aromatic rings. The van der Waals surface area contributed by atoms with Gasteiger partial charge in [0.1, 0.15) is 16.5 Å². The second-order valence-corrected chi connectivity index (χ2v) is 8.38. The summed E-state index contributed by atoms with van der Waals surface area (Å²) in [6.45, 7) is 1.60. The molecule has 7 heteroatoms. The molecule has 0 bridgehead atoms. The number of H-pyrrole nitrogens is 1. The average Bonchev–Trinajstić information content (AvgIpc) is 3.42. The van der Waals surface area contributed by atoms with Gasteiger partial charge in [0, 0.05) is 29.9 Å². The number of aromatic amines is 1. The van der Waals surface area contributed by atoms with Crippen molar-refractivity contribution in [3.63, 3.8) is 0 Å². The number of aryl methyl sites for hydroxylation is 1. The Bertz CT molecular complexity index is 1220. The molecule has 5 nitrogen and oxygen atoms in total. The van der Waals surface area contributed by atoms with Gasteiger partial charge >= 0.3 is 0 Å². The van der Waals surface area contributed by atoms with Gasteiger partial charge in [0.15, 0.2) is 0 Å². The van der Waals surface area contributed by atoms with Crippen LogP contribution in [0.25, 0.3) is 21.3 Å². The van der Waals surface area contributed by atoms with Crippen LogP contribution >= 0.6 is 11.3 Å². The van der Waals surface area contributed by atoms with E-state index in [0.717, 1.165) is 35.3 Å². The number of aromatic nitrogens is 3. The van der Waals surface area contributed by atoms with Gasteiger partial charge in [-0.15, -0.1) is 11.3 Å². The quantitative estimate of drug-likeness (QED) is 0.542. The van der Waals surface area contributed by atoms with Gasteiger partial charge in [0.05, 0.1) is 18.0 Å². The van der Waals surface area contributed by atoms with Gasteiger partial charge in [-0.25, -0.2) is 9.37 Å². The van der Waals surface area contributed by atoms with E-state index in [1.54, 1.807) is 12.1 Å². The first-order valence-electron chi connectivity index (χ1n) is 9.72. The zero-order valence-electron chi connectivity index (χ0n) is 16.1. The molecule has 29 heavy (non-hydrogen) atoms. The van der Waals surface area contributed by atoms with Crippen molar-refractivity contribution in [2.75, 3.05) is 6.54 Å². The summed E-state index contributed by atoms with van der Waals surface area (Å²) in [5.74, 6) is 0.400. The van der Waals surface area contributed by atoms with Crippen LogP contribution in [-0.2, 0) is 13.6 Å². The van der Waals surface area contributed by atoms with Gasteiger partial charge in [-0.3, -0.25) is 9.69 Å². The lowest BCUT2D eigenvalue weighted by Crippen LogP contribution is -2.26. The first kappa shape index (κ1) is 18.3. The van der Waals surface area contributed by atoms with Crippen molar-refractivity contribution in [2.45, 2.75) is 25.4 Å². The molecule has 1 fully saturated rings. The Labute approximate surface area is 171 Å². The zero-order chi connectivity index (χ0) is 20.0. The van der Waals surface area contributed by atoms with Crippen molar-refractivity contribution in [3.8, 4) is 11.1 Å². The van der Waals surface area contributed by atoms with E-state index in [1.807, 2.05) is 5.38 Å². The minimum absolute atomic E-state index is 0.139. The topological polar surface area (TPSA) is 53.9 Å². The molecule has 1 aliphatic rings. The summed E-state index contributed by atoms with van der Waals surface area (Å²) in [5, 5.41) is 2.50. The lowest BCUT2D eigenvalue weighted by atomic mass is 10.1. The van der Waals surface area contributed by atoms with Crippen LogP contribution in [0.5, 0.6) is 0 Å². The van der Waals surface area contributed by atoms with Crippen molar-refractivity contribution in [1.29, 1.82) is 0 Å². The lowest BCUT2D eigenvalue weighted by Gasteiger charge is -2.24. The van der Waals surface area contributed by atoms with E-state index in [0.29, 0.717) is 23.8 Å². The molecule has 148 valence electrons. The zero-order valence-corrected chi connectivity index (χ0v) is 16.9. The number of nitrogens with zero attached hydrogens (tertiary/aromatic N) is 3. The van der Waals surface area contributed by atoms with Gasteiger partial charge in [-0.05, 0) is 49.2 Å². The van der Waals surface area contributed by atoms with E-state index in [9.17, 15) is 9.18 Å². The summed E-state index contributed by atoms with van der Waals surface area (Å²) >= 11 is 1.45. The van der Waals surface area contributed by atoms with Crippen molar-refractivity contribution in [1.82, 2.24) is 19.4 Å². The summed E-state index contributed by atoms with van der Waals surface area (Å²) in [5.41, 5.74) is 2.77. The van der Waals surface area contributed by atoms with Crippen LogP contribution in [0.2, 0.25) is 0 Å². The van der Waals surface area contributed by atoms with Gasteiger partial charge in [0.2, 0.25) is 0 Å². The molecule has 1 saturated heterocycles. The molecule has 4 heterocycles. The van der Waals surface area contributed by atoms with Crippen molar-refractivity contribution in [2.24, 2.45) is 7.05 Å². The van der Waals surface area contributed by atoms with Crippen LogP contribution in [0.1, 0.15) is 30.4 Å². The Morgan fingerprint density at radius 1 is 1.28 bits per heavy atom. The SMILES string of the molecule is Cn1cccc1[C@H]1CCCN1Cc1nc2scc(-c3ccc(F)cc3)c2c(=O)[nH]1. The predicted octanol–water partition coefficient (Wildman–Crippen LogP) is 4.47. The van der Waals surface area contributed by atoms with E-state index in [-0.39, 0.29) is 11.4 Å². The molecule has 0 aliphatic carbocycles. The largest absolute Gasteiger partial charge is 0.353 e. The number of hydrogen-bond acceptors (Lipinski definition) is 4. The van der Waals surface area contributed by atoms with E-state index >= 15 is 0 Å². The standard InChI is InChI=1S/C22H21FN4OS/c1-26-10-2-4-17(26)18-5-3-11-27(18)12-19-24-21(28)20-16(13-29-22(20)25-19)14-6-8-15(23)9-7-14/h2,4,6-10,13,18H,3,5,11-12H2,1H3,(H,24,25,28)/t18-/m1/s1. The molecular weight excluding hydrogens is 387 g/mol. The van der Waals surface area contributed by atoms with E-state index < -0.39 is 0 Å². The van der Waals surface area contributed by atoms with E-state index in [1.165, 1.54) is 29.2 Å². The van der Waals surface area contributed by atoms with Crippen LogP contribution in [0.3, 0.4) is 0 Å². The Hall–Kier alpha value is -2.77. The molecule has 5 rings (SSSR count). The number of halogens is 1. The highest BCUT2D eigenvalue weighted by molar-refractivity contribution is 7.17. The van der Waals surface area contributed by atoms with Crippen molar-refractivity contribution < 1.29 is 4.39 Å². The highest BCUT2D eigenvalue weighted by atomic mass is 32.1. The molecule has 0 saturated carbocycles. The molecular formula is C22H21FN4OS. The highest BCUT2D eigenvalue weighted by Crippen LogP contribution is 2.34. The van der Waals surface area contributed by atoms with Gasteiger partial charge in [-0.2, -0.15) is 0 Å². The molecule has 1 aliphatic heterocycles. The minimum Gasteiger partial charge on any atom is -0.353 e. The van der Waals surface area contributed by atoms with Crippen LogP contribution in [0.4, 0.5) is 4.39 Å². The number of rotatable bonds is 4. The fourth-order valence-corrected chi connectivity index (χ4v) is 5.24. The smallest absolute Gasteiger partial charge is 0.260 e. The number of nitrogens with one attached hydrogen (secondary N) is 1. The second kappa shape index (κ2) is 7.24. The predicted molar refractivity (Wildman–Crippen MR) is 113 cm³/mol. The second-order valence-electron chi connectivity index (χ2n) is 7.52. The third kappa shape index (κ3) is 3.30. The Morgan fingerprint density at radius 3 is 2.86 bits per heavy atom. The Kier molecular flexibility index (Phi) is 4.56. The van der Waals surface area contributed by atoms with Crippen LogP contribution in [-0.4, -0.2) is 26.0 Å². The minimum atomic E-state index is -0.291. The first-order valence-corrected chi connectivity index (χ1v) is 10.6. The molecule has 1 N–H and O–H groups in total. The van der Waals surface area contributed by atoms with Gasteiger partial charge in [-0.1, -0.05) is 12.1 Å². The molecule has 0 spiro atoms. The number of benzene rings is 1. The number of hydrogen-bond donors (Lipinski definition) is 1. The van der Waals surface area contributed by atoms with E-state index in [2.05, 4.69) is 39.8 Å². The maximum absolute atomic E-state index is 13.2. The molecule has 0 amide bonds. The van der Waals surface area contributed by atoms with Gasteiger partial charge in [0.25, 0.3) is 5.56 Å². The third-order valence-corrected chi connectivity index (χ3v) is 6.56. The molecule has 0 radical (unpaired) electrons. The normalized spacial score (nSPS) is 17.4. The van der Waals surface area contributed by atoms with Crippen LogP contribution in [0, 0.1) is 5.82 Å². The summed E-state index contributed by atoms with van der Waals surface area (Å²) in [6.07, 6.45) is 4.31. The summed E-state index contributed by atoms with van der Waals surface area (Å²) in [6, 6.07) is 10.8. The molecule has 1 aromatic carbocycles. The highest BCUT2D eigenvalue weighted by Gasteiger charge is 2.28. The van der Waals surface area contributed by atoms with Crippen molar-refractivity contribution >= 4 is 21.6 Å². The van der Waals surface area contributed by atoms with Crippen molar-refractivity contribution in [3.05, 3.63) is 75.7 Å². The Morgan fingerprint density at radius 2 is 2.10 bits per heavy atom. The Balaban J connectivity index is 1.47. The summed E-state index contributed by atoms with van der Waals surface area (Å²) in [4.78, 5) is 23.7. The molecule has 0 unspecified atom stereocenters. The first-order chi connectivity index (χ1) is 14.1. The summed E-state index contributed by atoms with van der Waals surface area (Å²) in [7, 11) is 2.07. The molecule has 1 atom stereocenters. The third-order valence-electron chi connectivity index (χ3n) is 5.69. The monoisotopic (exact) mass is 408 g/mol. The maximum atomic E-state index is 13.2. The lowest BCUT2D eigenvalue weighted by molar-refractivity contribution is 0.235. The van der Waals surface area contributed by atoms with E-state index in [4.69, 9.17) is 4.98 Å². The number of fused-ring (bicyclic) bond motifs is 1. The number of likely N-dealkylation sites (tertiary alicyclic amines) is 1. The average molecular weight is 409 g/mol. The fourth-order valence-electron chi connectivity index (χ4n) is 4.27. The molecule has 3 aromatic heterocycles. The van der Waals surface area contributed by atoms with Crippen LogP contribution in [0.15, 0.2) is 52.8 Å². The maximum Gasteiger partial charge on any atom is 0.260 e. The van der Waals surface area contributed by atoms with Gasteiger partial charge < -0.3 is 9.55 Å². The summed E-state index contributed by atoms with van der Waals surface area (Å²) < 4.78 is 15.4. The fraction of sp³-hybridized carbons (Fsp3) is 0.273.